The standard InChI is InChI=1S/C24H36O4/c1-2-3-4-5-6-7-8-12-17-27-19-22(25)24-21(18-23(26)28-24)16-15-20-13-10-9-11-14-20/h9-11,13-16,21-22,24-25H,2-8,12,17-19H2,1H3/b16-15+/t21-,22-,24-/m1/s1. The van der Waals surface area contributed by atoms with Gasteiger partial charge in [0.25, 0.3) is 0 Å². The van der Waals surface area contributed by atoms with Crippen molar-refractivity contribution in [3.8, 4) is 0 Å². The molecule has 1 aliphatic rings. The lowest BCUT2D eigenvalue weighted by Crippen LogP contribution is -2.34. The van der Waals surface area contributed by atoms with Gasteiger partial charge >= 0.3 is 5.97 Å². The molecule has 4 heteroatoms. The number of ether oxygens (including phenoxy) is 2. The molecule has 2 rings (SSSR count). The molecule has 1 N–H and O–H groups in total. The highest BCUT2D eigenvalue weighted by molar-refractivity contribution is 5.73. The highest BCUT2D eigenvalue weighted by Crippen LogP contribution is 2.27. The molecule has 0 aliphatic carbocycles. The molecule has 1 heterocycles. The smallest absolute Gasteiger partial charge is 0.306 e. The zero-order chi connectivity index (χ0) is 20.0. The number of carbonyl (C=O) groups excluding carboxylic acids is 1. The Kier molecular flexibility index (Phi) is 10.9. The van der Waals surface area contributed by atoms with E-state index in [2.05, 4.69) is 6.92 Å². The highest BCUT2D eigenvalue weighted by Gasteiger charge is 2.38. The summed E-state index contributed by atoms with van der Waals surface area (Å²) < 4.78 is 11.0. The van der Waals surface area contributed by atoms with E-state index in [1.54, 1.807) is 0 Å². The maximum atomic E-state index is 11.7. The number of aliphatic hydroxyl groups excluding tert-OH is 1. The van der Waals surface area contributed by atoms with Crippen LogP contribution in [-0.4, -0.2) is 36.5 Å². The fourth-order valence-corrected chi connectivity index (χ4v) is 3.57. The summed E-state index contributed by atoms with van der Waals surface area (Å²) in [6.07, 6.45) is 13.0. The van der Waals surface area contributed by atoms with Gasteiger partial charge in [-0.3, -0.25) is 4.79 Å². The number of hydrogen-bond acceptors (Lipinski definition) is 4. The predicted octanol–water partition coefficient (Wildman–Crippen LogP) is 5.15. The molecule has 0 saturated carbocycles. The average Bonchev–Trinajstić information content (AvgIpc) is 3.09. The SMILES string of the molecule is CCCCCCCCCCOC[C@@H](O)[C@@H]1OC(=O)C[C@H]1/C=C/c1ccccc1. The van der Waals surface area contributed by atoms with E-state index < -0.39 is 12.2 Å². The van der Waals surface area contributed by atoms with E-state index in [1.165, 1.54) is 44.9 Å². The summed E-state index contributed by atoms with van der Waals surface area (Å²) in [4.78, 5) is 11.7. The first-order valence-electron chi connectivity index (χ1n) is 10.9. The minimum Gasteiger partial charge on any atom is -0.459 e. The first-order valence-corrected chi connectivity index (χ1v) is 10.9. The minimum atomic E-state index is -0.786. The number of hydrogen-bond donors (Lipinski definition) is 1. The Morgan fingerprint density at radius 3 is 2.50 bits per heavy atom. The molecule has 0 radical (unpaired) electrons. The second-order valence-corrected chi connectivity index (χ2v) is 7.71. The van der Waals surface area contributed by atoms with Crippen LogP contribution in [0.3, 0.4) is 0 Å². The van der Waals surface area contributed by atoms with Crippen molar-refractivity contribution >= 4 is 12.0 Å². The summed E-state index contributed by atoms with van der Waals surface area (Å²) in [5.74, 6) is -0.371. The van der Waals surface area contributed by atoms with Crippen LogP contribution >= 0.6 is 0 Å². The fraction of sp³-hybridized carbons (Fsp3) is 0.625. The molecule has 1 saturated heterocycles. The molecule has 3 atom stereocenters. The van der Waals surface area contributed by atoms with E-state index in [-0.39, 0.29) is 18.5 Å². The Hall–Kier alpha value is -1.65. The molecular formula is C24H36O4. The quantitative estimate of drug-likeness (QED) is 0.354. The lowest BCUT2D eigenvalue weighted by atomic mass is 9.96. The van der Waals surface area contributed by atoms with E-state index in [4.69, 9.17) is 9.47 Å². The Balaban J connectivity index is 1.63. The summed E-state index contributed by atoms with van der Waals surface area (Å²) in [5, 5.41) is 10.4. The Morgan fingerprint density at radius 2 is 1.79 bits per heavy atom. The van der Waals surface area contributed by atoms with Crippen LogP contribution in [0.15, 0.2) is 36.4 Å². The van der Waals surface area contributed by atoms with Gasteiger partial charge in [0.05, 0.1) is 13.0 Å². The number of carbonyl (C=O) groups is 1. The van der Waals surface area contributed by atoms with Crippen LogP contribution in [0.1, 0.15) is 70.3 Å². The van der Waals surface area contributed by atoms with Gasteiger partial charge in [-0.2, -0.15) is 0 Å². The van der Waals surface area contributed by atoms with Gasteiger partial charge in [0.1, 0.15) is 12.2 Å². The molecule has 28 heavy (non-hydrogen) atoms. The lowest BCUT2D eigenvalue weighted by molar-refractivity contribution is -0.147. The Morgan fingerprint density at radius 1 is 1.11 bits per heavy atom. The van der Waals surface area contributed by atoms with Gasteiger partial charge in [-0.1, -0.05) is 94.4 Å². The van der Waals surface area contributed by atoms with Crippen LogP contribution < -0.4 is 0 Å². The number of rotatable bonds is 14. The Labute approximate surface area is 169 Å². The van der Waals surface area contributed by atoms with Gasteiger partial charge in [0, 0.05) is 12.5 Å². The van der Waals surface area contributed by atoms with Crippen LogP contribution in [0, 0.1) is 5.92 Å². The fourth-order valence-electron chi connectivity index (χ4n) is 3.57. The van der Waals surface area contributed by atoms with Crippen LogP contribution in [0.25, 0.3) is 6.08 Å². The van der Waals surface area contributed by atoms with Crippen molar-refractivity contribution in [2.75, 3.05) is 13.2 Å². The molecule has 1 aromatic carbocycles. The van der Waals surface area contributed by atoms with Crippen LogP contribution in [0.2, 0.25) is 0 Å². The summed E-state index contributed by atoms with van der Waals surface area (Å²) in [5.41, 5.74) is 1.07. The summed E-state index contributed by atoms with van der Waals surface area (Å²) in [6, 6.07) is 9.93. The van der Waals surface area contributed by atoms with E-state index in [0.717, 1.165) is 12.0 Å². The van der Waals surface area contributed by atoms with Crippen molar-refractivity contribution in [1.82, 2.24) is 0 Å². The Bertz CT molecular complexity index is 569. The molecule has 0 spiro atoms. The van der Waals surface area contributed by atoms with E-state index in [9.17, 15) is 9.90 Å². The zero-order valence-electron chi connectivity index (χ0n) is 17.2. The highest BCUT2D eigenvalue weighted by atomic mass is 16.6. The third-order valence-electron chi connectivity index (χ3n) is 5.24. The lowest BCUT2D eigenvalue weighted by Gasteiger charge is -2.21. The summed E-state index contributed by atoms with van der Waals surface area (Å²) in [7, 11) is 0. The average molecular weight is 389 g/mol. The molecular weight excluding hydrogens is 352 g/mol. The van der Waals surface area contributed by atoms with Gasteiger partial charge in [-0.15, -0.1) is 0 Å². The third-order valence-corrected chi connectivity index (χ3v) is 5.24. The number of unbranched alkanes of at least 4 members (excludes halogenated alkanes) is 7. The summed E-state index contributed by atoms with van der Waals surface area (Å²) in [6.45, 7) is 3.10. The maximum absolute atomic E-state index is 11.7. The molecule has 0 bridgehead atoms. The predicted molar refractivity (Wildman–Crippen MR) is 113 cm³/mol. The number of cyclic esters (lactones) is 1. The van der Waals surface area contributed by atoms with Crippen molar-refractivity contribution in [3.05, 3.63) is 42.0 Å². The van der Waals surface area contributed by atoms with Crippen LogP contribution in [-0.2, 0) is 14.3 Å². The van der Waals surface area contributed by atoms with Crippen molar-refractivity contribution in [1.29, 1.82) is 0 Å². The van der Waals surface area contributed by atoms with E-state index in [0.29, 0.717) is 13.0 Å². The second-order valence-electron chi connectivity index (χ2n) is 7.71. The van der Waals surface area contributed by atoms with E-state index in [1.807, 2.05) is 42.5 Å². The monoisotopic (exact) mass is 388 g/mol. The summed E-state index contributed by atoms with van der Waals surface area (Å²) >= 11 is 0. The van der Waals surface area contributed by atoms with Gasteiger partial charge in [-0.25, -0.2) is 0 Å². The third kappa shape index (κ3) is 8.57. The molecule has 1 aromatic rings. The van der Waals surface area contributed by atoms with Crippen molar-refractivity contribution in [3.63, 3.8) is 0 Å². The van der Waals surface area contributed by atoms with Gasteiger partial charge in [-0.05, 0) is 12.0 Å². The molecule has 4 nitrogen and oxygen atoms in total. The number of esters is 1. The van der Waals surface area contributed by atoms with Crippen LogP contribution in [0.4, 0.5) is 0 Å². The van der Waals surface area contributed by atoms with Gasteiger partial charge < -0.3 is 14.6 Å². The molecule has 0 amide bonds. The van der Waals surface area contributed by atoms with E-state index >= 15 is 0 Å². The van der Waals surface area contributed by atoms with Gasteiger partial charge in [0.15, 0.2) is 0 Å². The number of benzene rings is 1. The van der Waals surface area contributed by atoms with Crippen molar-refractivity contribution in [2.24, 2.45) is 5.92 Å². The normalized spacial score (nSPS) is 20.6. The molecule has 0 aromatic heterocycles. The minimum absolute atomic E-state index is 0.116. The maximum Gasteiger partial charge on any atom is 0.306 e. The molecule has 156 valence electrons. The zero-order valence-corrected chi connectivity index (χ0v) is 17.2. The van der Waals surface area contributed by atoms with Gasteiger partial charge in [0.2, 0.25) is 0 Å². The number of aliphatic hydroxyl groups is 1. The second kappa shape index (κ2) is 13.5. The topological polar surface area (TPSA) is 55.8 Å². The first-order chi connectivity index (χ1) is 13.7. The van der Waals surface area contributed by atoms with Crippen LogP contribution in [0.5, 0.6) is 0 Å². The molecule has 0 unspecified atom stereocenters. The first kappa shape index (κ1) is 22.6. The van der Waals surface area contributed by atoms with Crippen molar-refractivity contribution < 1.29 is 19.4 Å². The molecule has 1 aliphatic heterocycles. The largest absolute Gasteiger partial charge is 0.459 e. The van der Waals surface area contributed by atoms with Crippen molar-refractivity contribution in [2.45, 2.75) is 76.9 Å². The molecule has 1 fully saturated rings.